The van der Waals surface area contributed by atoms with E-state index in [0.29, 0.717) is 0 Å². The molecule has 1 rings (SSSR count). The molecular weight excluding hydrogens is 196 g/mol. The van der Waals surface area contributed by atoms with Crippen LogP contribution in [0, 0.1) is 0 Å². The van der Waals surface area contributed by atoms with Gasteiger partial charge in [0.25, 0.3) is 0 Å². The fourth-order valence-corrected chi connectivity index (χ4v) is 1.75. The number of hydrogen-bond donors (Lipinski definition) is 0. The highest BCUT2D eigenvalue weighted by molar-refractivity contribution is 5.26. The lowest BCUT2D eigenvalue weighted by Crippen LogP contribution is -2.29. The molecule has 0 aromatic carbocycles. The normalized spacial score (nSPS) is 14.9. The van der Waals surface area contributed by atoms with Crippen molar-refractivity contribution in [3.63, 3.8) is 0 Å². The molecule has 0 bridgehead atoms. The van der Waals surface area contributed by atoms with Crippen molar-refractivity contribution in [2.75, 3.05) is 34.2 Å². The minimum Gasteiger partial charge on any atom is -0.376 e. The van der Waals surface area contributed by atoms with Crippen LogP contribution in [0.5, 0.6) is 0 Å². The Labute approximate surface area is 102 Å². The van der Waals surface area contributed by atoms with Crippen molar-refractivity contribution >= 4 is 0 Å². The molecule has 1 aliphatic carbocycles. The molecular formula is C14H28N2. The van der Waals surface area contributed by atoms with E-state index < -0.39 is 0 Å². The molecule has 1 aliphatic rings. The first-order valence-electron chi connectivity index (χ1n) is 6.33. The third-order valence-electron chi connectivity index (χ3n) is 2.71. The van der Waals surface area contributed by atoms with Gasteiger partial charge >= 0.3 is 0 Å². The van der Waals surface area contributed by atoms with Gasteiger partial charge in [0.1, 0.15) is 0 Å². The summed E-state index contributed by atoms with van der Waals surface area (Å²) in [6.07, 6.45) is 6.90. The van der Waals surface area contributed by atoms with E-state index in [1.165, 1.54) is 24.1 Å². The minimum atomic E-state index is 1.12. The highest BCUT2D eigenvalue weighted by Gasteiger charge is 2.09. The van der Waals surface area contributed by atoms with E-state index in [1.54, 1.807) is 0 Å². The molecule has 16 heavy (non-hydrogen) atoms. The first-order chi connectivity index (χ1) is 7.61. The standard InChI is InChI=1S/C12H22N2.C2H6/c1-11-7-5-6-8-12(11)14(4)10-9-13(2)3;1-2/h5,7H,6,8-10H2,1-4H3;1-2H3. The van der Waals surface area contributed by atoms with Crippen molar-refractivity contribution in [3.05, 3.63) is 23.4 Å². The molecule has 0 radical (unpaired) electrons. The van der Waals surface area contributed by atoms with E-state index in [9.17, 15) is 0 Å². The van der Waals surface area contributed by atoms with Gasteiger partial charge in [0.05, 0.1) is 0 Å². The third-order valence-corrected chi connectivity index (χ3v) is 2.71. The Hall–Kier alpha value is -0.760. The van der Waals surface area contributed by atoms with Gasteiger partial charge < -0.3 is 9.80 Å². The number of hydrogen-bond acceptors (Lipinski definition) is 2. The molecule has 2 nitrogen and oxygen atoms in total. The zero-order chi connectivity index (χ0) is 12.6. The van der Waals surface area contributed by atoms with Gasteiger partial charge in [-0.3, -0.25) is 0 Å². The highest BCUT2D eigenvalue weighted by Crippen LogP contribution is 2.20. The van der Waals surface area contributed by atoms with Crippen molar-refractivity contribution < 1.29 is 0 Å². The van der Waals surface area contributed by atoms with E-state index >= 15 is 0 Å². The summed E-state index contributed by atoms with van der Waals surface area (Å²) in [7, 11) is 6.44. The lowest BCUT2D eigenvalue weighted by Gasteiger charge is -2.27. The van der Waals surface area contributed by atoms with E-state index in [0.717, 1.165) is 13.1 Å². The molecule has 0 fully saturated rings. The van der Waals surface area contributed by atoms with E-state index in [-0.39, 0.29) is 0 Å². The summed E-state index contributed by atoms with van der Waals surface area (Å²) in [5.74, 6) is 0. The van der Waals surface area contributed by atoms with Gasteiger partial charge in [0, 0.05) is 25.8 Å². The Morgan fingerprint density at radius 2 is 1.75 bits per heavy atom. The quantitative estimate of drug-likeness (QED) is 0.724. The second kappa shape index (κ2) is 8.40. The van der Waals surface area contributed by atoms with Crippen molar-refractivity contribution in [2.45, 2.75) is 33.6 Å². The smallest absolute Gasteiger partial charge is 0.0299 e. The predicted molar refractivity (Wildman–Crippen MR) is 73.6 cm³/mol. The molecule has 2 heteroatoms. The van der Waals surface area contributed by atoms with Crippen molar-refractivity contribution in [1.82, 2.24) is 9.80 Å². The van der Waals surface area contributed by atoms with Crippen LogP contribution in [0.4, 0.5) is 0 Å². The first-order valence-corrected chi connectivity index (χ1v) is 6.33. The largest absolute Gasteiger partial charge is 0.376 e. The summed E-state index contributed by atoms with van der Waals surface area (Å²) < 4.78 is 0. The average molecular weight is 224 g/mol. The summed E-state index contributed by atoms with van der Waals surface area (Å²) in [4.78, 5) is 4.61. The van der Waals surface area contributed by atoms with Crippen LogP contribution in [-0.2, 0) is 0 Å². The fourth-order valence-electron chi connectivity index (χ4n) is 1.75. The zero-order valence-electron chi connectivity index (χ0n) is 11.9. The summed E-state index contributed by atoms with van der Waals surface area (Å²) in [5.41, 5.74) is 2.94. The first kappa shape index (κ1) is 15.2. The summed E-state index contributed by atoms with van der Waals surface area (Å²) >= 11 is 0. The lowest BCUT2D eigenvalue weighted by atomic mass is 10.0. The minimum absolute atomic E-state index is 1.12. The molecule has 0 saturated carbocycles. The summed E-state index contributed by atoms with van der Waals surface area (Å²) in [5, 5.41) is 0. The Morgan fingerprint density at radius 3 is 2.25 bits per heavy atom. The maximum absolute atomic E-state index is 2.39. The summed E-state index contributed by atoms with van der Waals surface area (Å²) in [6, 6.07) is 0. The molecule has 0 aliphatic heterocycles. The van der Waals surface area contributed by atoms with Crippen LogP contribution < -0.4 is 0 Å². The Balaban J connectivity index is 0.00000106. The van der Waals surface area contributed by atoms with E-state index in [2.05, 4.69) is 50.0 Å². The number of rotatable bonds is 4. The fraction of sp³-hybridized carbons (Fsp3) is 0.714. The number of likely N-dealkylation sites (N-methyl/N-ethyl adjacent to an activating group) is 2. The molecule has 0 heterocycles. The van der Waals surface area contributed by atoms with Gasteiger partial charge in [-0.25, -0.2) is 0 Å². The second-order valence-electron chi connectivity index (χ2n) is 4.30. The molecule has 0 aromatic heterocycles. The van der Waals surface area contributed by atoms with Crippen LogP contribution in [0.15, 0.2) is 23.4 Å². The van der Waals surface area contributed by atoms with Crippen molar-refractivity contribution in [3.8, 4) is 0 Å². The van der Waals surface area contributed by atoms with Crippen LogP contribution in [0.3, 0.4) is 0 Å². The maximum Gasteiger partial charge on any atom is 0.0299 e. The molecule has 0 N–H and O–H groups in total. The molecule has 94 valence electrons. The lowest BCUT2D eigenvalue weighted by molar-refractivity contribution is 0.317. The predicted octanol–water partition coefficient (Wildman–Crippen LogP) is 3.13. The maximum atomic E-state index is 2.39. The molecule has 0 saturated heterocycles. The average Bonchev–Trinajstić information content (AvgIpc) is 2.29. The van der Waals surface area contributed by atoms with Crippen molar-refractivity contribution in [1.29, 1.82) is 0 Å². The van der Waals surface area contributed by atoms with Gasteiger partial charge in [-0.1, -0.05) is 26.0 Å². The second-order valence-corrected chi connectivity index (χ2v) is 4.30. The third kappa shape index (κ3) is 5.36. The monoisotopic (exact) mass is 224 g/mol. The Bertz CT molecular complexity index is 239. The van der Waals surface area contributed by atoms with Crippen LogP contribution in [0.2, 0.25) is 0 Å². The summed E-state index contributed by atoms with van der Waals surface area (Å²) in [6.45, 7) is 8.45. The van der Waals surface area contributed by atoms with Crippen molar-refractivity contribution in [2.24, 2.45) is 0 Å². The molecule has 0 aromatic rings. The topological polar surface area (TPSA) is 6.48 Å². The van der Waals surface area contributed by atoms with Gasteiger partial charge in [-0.05, 0) is 39.4 Å². The number of nitrogens with zero attached hydrogens (tertiary/aromatic N) is 2. The molecule has 0 atom stereocenters. The van der Waals surface area contributed by atoms with E-state index in [4.69, 9.17) is 0 Å². The van der Waals surface area contributed by atoms with Gasteiger partial charge in [0.15, 0.2) is 0 Å². The van der Waals surface area contributed by atoms with Crippen LogP contribution in [0.25, 0.3) is 0 Å². The van der Waals surface area contributed by atoms with Gasteiger partial charge in [0.2, 0.25) is 0 Å². The van der Waals surface area contributed by atoms with Gasteiger partial charge in [-0.15, -0.1) is 0 Å². The molecule has 0 amide bonds. The zero-order valence-corrected chi connectivity index (χ0v) is 11.9. The Kier molecular flexibility index (Phi) is 8.00. The van der Waals surface area contributed by atoms with Crippen LogP contribution in [0.1, 0.15) is 33.6 Å². The Morgan fingerprint density at radius 1 is 1.12 bits per heavy atom. The molecule has 0 unspecified atom stereocenters. The van der Waals surface area contributed by atoms with Crippen LogP contribution in [-0.4, -0.2) is 44.0 Å². The number of allylic oxidation sites excluding steroid dienone is 4. The van der Waals surface area contributed by atoms with Crippen LogP contribution >= 0.6 is 0 Å². The molecule has 0 spiro atoms. The van der Waals surface area contributed by atoms with Gasteiger partial charge in [-0.2, -0.15) is 0 Å². The highest BCUT2D eigenvalue weighted by atomic mass is 15.2. The van der Waals surface area contributed by atoms with E-state index in [1.807, 2.05) is 13.8 Å². The SMILES string of the molecule is CC.CC1=C(N(C)CCN(C)C)CCC=C1.